The van der Waals surface area contributed by atoms with Gasteiger partial charge in [-0.3, -0.25) is 10.0 Å². The van der Waals surface area contributed by atoms with Crippen LogP contribution in [0.3, 0.4) is 0 Å². The molecule has 30 heavy (non-hydrogen) atoms. The second-order valence-electron chi connectivity index (χ2n) is 6.30. The third-order valence-electron chi connectivity index (χ3n) is 4.21. The van der Waals surface area contributed by atoms with Crippen LogP contribution in [0.4, 0.5) is 0 Å². The van der Waals surface area contributed by atoms with E-state index in [-0.39, 0.29) is 17.2 Å². The topological polar surface area (TPSA) is 136 Å². The van der Waals surface area contributed by atoms with Crippen LogP contribution in [0.25, 0.3) is 22.6 Å². The number of ether oxygens (including phenoxy) is 1. The zero-order chi connectivity index (χ0) is 22.1. The van der Waals surface area contributed by atoms with Gasteiger partial charge >= 0.3 is 0 Å². The molecule has 11 heteroatoms. The number of likely N-dealkylation sites (N-methyl/N-ethyl adjacent to an activating group) is 1. The first-order valence-electron chi connectivity index (χ1n) is 8.52. The van der Waals surface area contributed by atoms with Gasteiger partial charge in [0.1, 0.15) is 17.9 Å². The maximum Gasteiger partial charge on any atom is 0.254 e. The van der Waals surface area contributed by atoms with Crippen molar-refractivity contribution in [3.05, 3.63) is 53.4 Å². The minimum absolute atomic E-state index is 0.0582. The molecular formula is C19H18ClN3O6S. The fourth-order valence-corrected chi connectivity index (χ4v) is 3.46. The molecule has 0 unspecified atom stereocenters. The number of halogens is 1. The molecular weight excluding hydrogens is 434 g/mol. The monoisotopic (exact) mass is 451 g/mol. The summed E-state index contributed by atoms with van der Waals surface area (Å²) >= 11 is 6.22. The summed E-state index contributed by atoms with van der Waals surface area (Å²) in [6.07, 6.45) is -0.279. The smallest absolute Gasteiger partial charge is 0.254 e. The van der Waals surface area contributed by atoms with Crippen molar-refractivity contribution in [1.29, 1.82) is 0 Å². The van der Waals surface area contributed by atoms with Gasteiger partial charge in [-0.05, 0) is 42.5 Å². The van der Waals surface area contributed by atoms with Crippen LogP contribution in [0.2, 0.25) is 5.02 Å². The number of sulfonamides is 1. The molecule has 0 bridgehead atoms. The van der Waals surface area contributed by atoms with Crippen LogP contribution in [0.5, 0.6) is 5.75 Å². The summed E-state index contributed by atoms with van der Waals surface area (Å²) in [6, 6.07) is 10.7. The summed E-state index contributed by atoms with van der Waals surface area (Å²) in [5.41, 5.74) is 1.48. The Labute approximate surface area is 177 Å². The van der Waals surface area contributed by atoms with Gasteiger partial charge in [-0.25, -0.2) is 23.6 Å². The second-order valence-corrected chi connectivity index (χ2v) is 8.27. The molecule has 1 heterocycles. The van der Waals surface area contributed by atoms with Crippen LogP contribution in [-0.4, -0.2) is 43.7 Å². The minimum Gasteiger partial charge on any atom is -0.495 e. The van der Waals surface area contributed by atoms with Crippen molar-refractivity contribution >= 4 is 27.5 Å². The molecule has 9 nitrogen and oxygen atoms in total. The van der Waals surface area contributed by atoms with Crippen molar-refractivity contribution in [3.8, 4) is 28.3 Å². The van der Waals surface area contributed by atoms with Crippen LogP contribution in [0, 0.1) is 0 Å². The maximum absolute atomic E-state index is 11.9. The average molecular weight is 452 g/mol. The Kier molecular flexibility index (Phi) is 6.13. The minimum atomic E-state index is -3.85. The molecule has 1 amide bonds. The van der Waals surface area contributed by atoms with E-state index in [2.05, 4.69) is 4.98 Å². The summed E-state index contributed by atoms with van der Waals surface area (Å²) in [5, 5.41) is 15.2. The average Bonchev–Trinajstić information content (AvgIpc) is 3.11. The number of hydroxylamine groups is 2. The number of carbonyl (C=O) groups excluding carboxylic acids is 1. The van der Waals surface area contributed by atoms with Crippen LogP contribution in [-0.2, 0) is 21.2 Å². The SMILES string of the molecule is COc1ccc(-c2nc(CC(=O)N(C)O)oc2-c2ccc(S(N)(=O)=O)cc2)cc1Cl. The van der Waals surface area contributed by atoms with Gasteiger partial charge in [-0.15, -0.1) is 0 Å². The lowest BCUT2D eigenvalue weighted by Crippen LogP contribution is -2.24. The van der Waals surface area contributed by atoms with E-state index in [4.69, 9.17) is 25.9 Å². The molecule has 0 atom stereocenters. The predicted octanol–water partition coefficient (Wildman–Crippen LogP) is 2.71. The van der Waals surface area contributed by atoms with E-state index < -0.39 is 15.9 Å². The number of hydrogen-bond donors (Lipinski definition) is 2. The van der Waals surface area contributed by atoms with Crippen molar-refractivity contribution in [1.82, 2.24) is 10.0 Å². The Morgan fingerprint density at radius 3 is 2.40 bits per heavy atom. The highest BCUT2D eigenvalue weighted by atomic mass is 35.5. The molecule has 3 N–H and O–H groups in total. The molecule has 3 aromatic rings. The highest BCUT2D eigenvalue weighted by Gasteiger charge is 2.21. The van der Waals surface area contributed by atoms with Gasteiger partial charge in [-0.2, -0.15) is 0 Å². The number of nitrogens with two attached hydrogens (primary N) is 1. The fourth-order valence-electron chi connectivity index (χ4n) is 2.68. The zero-order valence-electron chi connectivity index (χ0n) is 16.0. The number of benzene rings is 2. The van der Waals surface area contributed by atoms with E-state index in [1.54, 1.807) is 18.2 Å². The van der Waals surface area contributed by atoms with Gasteiger partial charge in [-0.1, -0.05) is 11.6 Å². The number of nitrogens with zero attached hydrogens (tertiary/aromatic N) is 2. The number of methoxy groups -OCH3 is 1. The van der Waals surface area contributed by atoms with Gasteiger partial charge in [0.25, 0.3) is 5.91 Å². The second kappa shape index (κ2) is 8.44. The van der Waals surface area contributed by atoms with Crippen LogP contribution >= 0.6 is 11.6 Å². The van der Waals surface area contributed by atoms with E-state index in [1.165, 1.54) is 38.4 Å². The van der Waals surface area contributed by atoms with Gasteiger partial charge in [0.2, 0.25) is 15.9 Å². The highest BCUT2D eigenvalue weighted by Crippen LogP contribution is 2.36. The van der Waals surface area contributed by atoms with Crippen LogP contribution in [0.15, 0.2) is 51.8 Å². The molecule has 0 saturated heterocycles. The largest absolute Gasteiger partial charge is 0.495 e. The highest BCUT2D eigenvalue weighted by molar-refractivity contribution is 7.89. The zero-order valence-corrected chi connectivity index (χ0v) is 17.6. The Morgan fingerprint density at radius 2 is 1.87 bits per heavy atom. The molecule has 0 fully saturated rings. The molecule has 0 aliphatic heterocycles. The number of oxazole rings is 1. The van der Waals surface area contributed by atoms with E-state index >= 15 is 0 Å². The number of amides is 1. The Bertz CT molecular complexity index is 1190. The predicted molar refractivity (Wildman–Crippen MR) is 109 cm³/mol. The first-order chi connectivity index (χ1) is 14.1. The fraction of sp³-hybridized carbons (Fsp3) is 0.158. The molecule has 0 radical (unpaired) electrons. The standard InChI is InChI=1S/C19H18ClN3O6S/c1-23(25)17(24)10-16-22-18(12-5-8-15(28-2)14(20)9-12)19(29-16)11-3-6-13(7-4-11)30(21,26)27/h3-9,25H,10H2,1-2H3,(H2,21,26,27). The molecule has 0 aliphatic carbocycles. The first kappa shape index (κ1) is 21.8. The molecule has 0 aliphatic rings. The molecule has 2 aromatic carbocycles. The van der Waals surface area contributed by atoms with E-state index in [0.717, 1.165) is 0 Å². The summed E-state index contributed by atoms with van der Waals surface area (Å²) in [4.78, 5) is 16.2. The van der Waals surface area contributed by atoms with Gasteiger partial charge in [0.15, 0.2) is 5.76 Å². The summed E-state index contributed by atoms with van der Waals surface area (Å²) < 4.78 is 33.9. The maximum atomic E-state index is 11.9. The normalized spacial score (nSPS) is 11.4. The van der Waals surface area contributed by atoms with E-state index in [9.17, 15) is 18.4 Å². The van der Waals surface area contributed by atoms with Gasteiger partial charge in [0.05, 0.1) is 17.0 Å². The van der Waals surface area contributed by atoms with E-state index in [1.807, 2.05) is 0 Å². The molecule has 0 spiro atoms. The Hall–Kier alpha value is -2.92. The number of rotatable bonds is 6. The van der Waals surface area contributed by atoms with Crippen molar-refractivity contribution < 1.29 is 27.6 Å². The molecule has 0 saturated carbocycles. The number of hydrogen-bond acceptors (Lipinski definition) is 7. The van der Waals surface area contributed by atoms with Gasteiger partial charge < -0.3 is 9.15 Å². The first-order valence-corrected chi connectivity index (χ1v) is 10.4. The quantitative estimate of drug-likeness (QED) is 0.434. The number of carbonyl (C=O) groups is 1. The lowest BCUT2D eigenvalue weighted by atomic mass is 10.1. The number of aromatic nitrogens is 1. The summed E-state index contributed by atoms with van der Waals surface area (Å²) in [5.74, 6) is 0.209. The van der Waals surface area contributed by atoms with Crippen LogP contribution < -0.4 is 9.88 Å². The lowest BCUT2D eigenvalue weighted by molar-refractivity contribution is -0.158. The lowest BCUT2D eigenvalue weighted by Gasteiger charge is -2.06. The Morgan fingerprint density at radius 1 is 1.23 bits per heavy atom. The van der Waals surface area contributed by atoms with Crippen molar-refractivity contribution in [2.75, 3.05) is 14.2 Å². The number of primary sulfonamides is 1. The summed E-state index contributed by atoms with van der Waals surface area (Å²) in [6.45, 7) is 0. The Balaban J connectivity index is 2.11. The summed E-state index contributed by atoms with van der Waals surface area (Å²) in [7, 11) is -1.17. The van der Waals surface area contributed by atoms with Crippen molar-refractivity contribution in [2.24, 2.45) is 5.14 Å². The molecule has 1 aromatic heterocycles. The third-order valence-corrected chi connectivity index (χ3v) is 5.43. The third kappa shape index (κ3) is 4.62. The van der Waals surface area contributed by atoms with Crippen molar-refractivity contribution in [3.63, 3.8) is 0 Å². The molecule has 3 rings (SSSR count). The van der Waals surface area contributed by atoms with Crippen LogP contribution in [0.1, 0.15) is 5.89 Å². The van der Waals surface area contributed by atoms with Crippen molar-refractivity contribution in [2.45, 2.75) is 11.3 Å². The van der Waals surface area contributed by atoms with Gasteiger partial charge in [0, 0.05) is 18.2 Å². The molecule has 158 valence electrons. The van der Waals surface area contributed by atoms with E-state index in [0.29, 0.717) is 38.4 Å².